The number of hydrogen-bond acceptors (Lipinski definition) is 2. The molecule has 2 heterocycles. The molecule has 132 valence electrons. The molecule has 0 aliphatic rings. The summed E-state index contributed by atoms with van der Waals surface area (Å²) in [7, 11) is -0.638. The van der Waals surface area contributed by atoms with Crippen LogP contribution in [0.25, 0.3) is 20.2 Å². The Labute approximate surface area is 183 Å². The molecule has 3 aromatic carbocycles. The van der Waals surface area contributed by atoms with Gasteiger partial charge in [0.05, 0.1) is 9.24 Å². The zero-order valence-corrected chi connectivity index (χ0v) is 19.7. The number of benzene rings is 3. The van der Waals surface area contributed by atoms with Crippen LogP contribution in [0.5, 0.6) is 0 Å². The molecular weight excluding hydrogens is 519 g/mol. The van der Waals surface area contributed by atoms with Gasteiger partial charge in [-0.3, -0.25) is 0 Å². The third-order valence-electron chi connectivity index (χ3n) is 4.46. The molecule has 5 heteroatoms. The molecule has 0 saturated heterocycles. The van der Waals surface area contributed by atoms with E-state index in [1.807, 2.05) is 22.7 Å². The van der Waals surface area contributed by atoms with Gasteiger partial charge in [-0.1, -0.05) is 66.7 Å². The van der Waals surface area contributed by atoms with Crippen LogP contribution in [-0.4, -0.2) is 0 Å². The van der Waals surface area contributed by atoms with Gasteiger partial charge >= 0.3 is 0 Å². The van der Waals surface area contributed by atoms with Gasteiger partial charge in [0, 0.05) is 37.0 Å². The van der Waals surface area contributed by atoms with Crippen LogP contribution in [0.2, 0.25) is 0 Å². The van der Waals surface area contributed by atoms with E-state index in [0.29, 0.717) is 0 Å². The summed E-state index contributed by atoms with van der Waals surface area (Å²) in [6, 6.07) is 28.2. The summed E-state index contributed by atoms with van der Waals surface area (Å²) in [5, 5.41) is 3.99. The van der Waals surface area contributed by atoms with Gasteiger partial charge in [-0.2, -0.15) is 0 Å². The van der Waals surface area contributed by atoms with Gasteiger partial charge < -0.3 is 0 Å². The molecule has 0 spiro atoms. The fourth-order valence-electron chi connectivity index (χ4n) is 3.19. The van der Waals surface area contributed by atoms with Gasteiger partial charge in [-0.25, -0.2) is 0 Å². The normalized spacial score (nSPS) is 11.7. The third kappa shape index (κ3) is 3.12. The summed E-state index contributed by atoms with van der Waals surface area (Å²) >= 11 is 11.7. The molecule has 0 bridgehead atoms. The monoisotopic (exact) mass is 530 g/mol. The maximum absolute atomic E-state index is 3.93. The van der Waals surface area contributed by atoms with E-state index in [-0.39, 0.29) is 0 Å². The second-order valence-corrected chi connectivity index (χ2v) is 12.5. The standard InChI is InChI=1S/C22H13Br2PS2/c23-19-15-10-4-6-12-17(15)26-21(19)25(14-8-2-1-3-9-14)22-20(24)16-11-5-7-13-18(16)27-22/h1-13H. The Bertz CT molecular complexity index is 1180. The Kier molecular flexibility index (Phi) is 4.95. The smallest absolute Gasteiger partial charge is 0.0531 e. The van der Waals surface area contributed by atoms with Crippen LogP contribution in [-0.2, 0) is 0 Å². The Morgan fingerprint density at radius 1 is 0.556 bits per heavy atom. The molecule has 0 amide bonds. The van der Waals surface area contributed by atoms with E-state index >= 15 is 0 Å². The molecule has 2 aromatic heterocycles. The summed E-state index contributed by atoms with van der Waals surface area (Å²) < 4.78 is 7.99. The number of rotatable bonds is 3. The molecule has 0 aliphatic heterocycles. The molecule has 0 radical (unpaired) electrons. The van der Waals surface area contributed by atoms with E-state index in [2.05, 4.69) is 111 Å². The molecule has 0 saturated carbocycles. The Morgan fingerprint density at radius 3 is 1.48 bits per heavy atom. The number of fused-ring (bicyclic) bond motifs is 2. The maximum atomic E-state index is 3.93. The van der Waals surface area contributed by atoms with Gasteiger partial charge in [0.15, 0.2) is 0 Å². The van der Waals surface area contributed by atoms with Crippen molar-refractivity contribution in [3.63, 3.8) is 0 Å². The molecule has 0 aliphatic carbocycles. The lowest BCUT2D eigenvalue weighted by atomic mass is 10.3. The topological polar surface area (TPSA) is 0 Å². The van der Waals surface area contributed by atoms with E-state index in [1.54, 1.807) is 0 Å². The molecule has 0 nitrogen and oxygen atoms in total. The number of hydrogen-bond donors (Lipinski definition) is 0. The SMILES string of the molecule is Brc1c(P(c2ccccc2)c2sc3ccccc3c2Br)sc2ccccc12. The first-order valence-electron chi connectivity index (χ1n) is 8.43. The molecule has 0 atom stereocenters. The predicted molar refractivity (Wildman–Crippen MR) is 131 cm³/mol. The van der Waals surface area contributed by atoms with Crippen molar-refractivity contribution in [3.8, 4) is 0 Å². The number of halogens is 2. The fourth-order valence-corrected chi connectivity index (χ4v) is 11.8. The Balaban J connectivity index is 1.81. The highest BCUT2D eigenvalue weighted by Crippen LogP contribution is 2.47. The first-order valence-corrected chi connectivity index (χ1v) is 13.0. The van der Waals surface area contributed by atoms with Crippen molar-refractivity contribution in [2.45, 2.75) is 0 Å². The highest BCUT2D eigenvalue weighted by Gasteiger charge is 2.27. The average Bonchev–Trinajstić information content (AvgIpc) is 3.22. The lowest BCUT2D eigenvalue weighted by Gasteiger charge is -2.16. The molecule has 0 unspecified atom stereocenters. The van der Waals surface area contributed by atoms with Crippen LogP contribution >= 0.6 is 62.5 Å². The zero-order valence-electron chi connectivity index (χ0n) is 14.0. The first kappa shape index (κ1) is 18.0. The maximum Gasteiger partial charge on any atom is 0.0531 e. The van der Waals surface area contributed by atoms with Crippen molar-refractivity contribution in [2.75, 3.05) is 0 Å². The van der Waals surface area contributed by atoms with Gasteiger partial charge in [0.2, 0.25) is 0 Å². The molecule has 5 rings (SSSR count). The highest BCUT2D eigenvalue weighted by molar-refractivity contribution is 9.11. The van der Waals surface area contributed by atoms with E-state index in [0.717, 1.165) is 0 Å². The van der Waals surface area contributed by atoms with Crippen molar-refractivity contribution in [2.24, 2.45) is 0 Å². The highest BCUT2D eigenvalue weighted by atomic mass is 79.9. The van der Waals surface area contributed by atoms with Crippen LogP contribution in [0.1, 0.15) is 0 Å². The summed E-state index contributed by atoms with van der Waals surface area (Å²) in [6.07, 6.45) is 0. The summed E-state index contributed by atoms with van der Waals surface area (Å²) in [5.41, 5.74) is 0. The first-order chi connectivity index (χ1) is 13.2. The van der Waals surface area contributed by atoms with Crippen LogP contribution < -0.4 is 14.5 Å². The molecule has 27 heavy (non-hydrogen) atoms. The quantitative estimate of drug-likeness (QED) is 0.213. The van der Waals surface area contributed by atoms with Crippen molar-refractivity contribution in [3.05, 3.63) is 87.8 Å². The summed E-state index contributed by atoms with van der Waals surface area (Å²) in [5.74, 6) is 0. The van der Waals surface area contributed by atoms with E-state index < -0.39 is 7.92 Å². The minimum Gasteiger partial charge on any atom is -0.133 e. The van der Waals surface area contributed by atoms with Crippen LogP contribution in [0.3, 0.4) is 0 Å². The second-order valence-electron chi connectivity index (χ2n) is 6.11. The van der Waals surface area contributed by atoms with Crippen molar-refractivity contribution < 1.29 is 0 Å². The molecule has 0 N–H and O–H groups in total. The van der Waals surface area contributed by atoms with E-state index in [9.17, 15) is 0 Å². The zero-order chi connectivity index (χ0) is 18.4. The van der Waals surface area contributed by atoms with Crippen LogP contribution in [0.15, 0.2) is 87.8 Å². The van der Waals surface area contributed by atoms with Gasteiger partial charge in [0.25, 0.3) is 0 Å². The Hall–Kier alpha value is -1.03. The molecular formula is C22H13Br2PS2. The van der Waals surface area contributed by atoms with Gasteiger partial charge in [0.1, 0.15) is 0 Å². The number of thiophene rings is 2. The third-order valence-corrected chi connectivity index (χ3v) is 12.9. The minimum atomic E-state index is -0.638. The van der Waals surface area contributed by atoms with E-state index in [4.69, 9.17) is 0 Å². The van der Waals surface area contributed by atoms with Crippen molar-refractivity contribution in [1.29, 1.82) is 0 Å². The molecule has 0 fully saturated rings. The largest absolute Gasteiger partial charge is 0.133 e. The van der Waals surface area contributed by atoms with Crippen molar-refractivity contribution in [1.82, 2.24) is 0 Å². The predicted octanol–water partition coefficient (Wildman–Crippen LogP) is 7.40. The van der Waals surface area contributed by atoms with E-state index in [1.165, 1.54) is 43.7 Å². The minimum absolute atomic E-state index is 0.638. The molecule has 5 aromatic rings. The fraction of sp³-hybridized carbons (Fsp3) is 0. The van der Waals surface area contributed by atoms with Gasteiger partial charge in [-0.05, 0) is 49.3 Å². The summed E-state index contributed by atoms with van der Waals surface area (Å²) in [4.78, 5) is 0. The van der Waals surface area contributed by atoms with Gasteiger partial charge in [-0.15, -0.1) is 22.7 Å². The van der Waals surface area contributed by atoms with Crippen LogP contribution in [0, 0.1) is 0 Å². The Morgan fingerprint density at radius 2 is 1.00 bits per heavy atom. The van der Waals surface area contributed by atoms with Crippen molar-refractivity contribution >= 4 is 97.2 Å². The second kappa shape index (κ2) is 7.42. The lowest BCUT2D eigenvalue weighted by Crippen LogP contribution is -2.18. The summed E-state index contributed by atoms with van der Waals surface area (Å²) in [6.45, 7) is 0. The van der Waals surface area contributed by atoms with Crippen LogP contribution in [0.4, 0.5) is 0 Å². The lowest BCUT2D eigenvalue weighted by molar-refractivity contribution is 1.77. The average molecular weight is 532 g/mol.